The molecular formula is C18H21ClN4O. The summed E-state index contributed by atoms with van der Waals surface area (Å²) in [5.74, 6) is 0.651. The number of anilines is 1. The van der Waals surface area contributed by atoms with Crippen LogP contribution in [0.3, 0.4) is 0 Å². The number of hydrogen-bond donors (Lipinski definition) is 1. The molecule has 126 valence electrons. The van der Waals surface area contributed by atoms with Crippen molar-refractivity contribution in [2.24, 2.45) is 0 Å². The second kappa shape index (κ2) is 6.57. The van der Waals surface area contributed by atoms with E-state index >= 15 is 0 Å². The van der Waals surface area contributed by atoms with E-state index in [0.29, 0.717) is 5.92 Å². The fraction of sp³-hybridized carbons (Fsp3) is 0.444. The summed E-state index contributed by atoms with van der Waals surface area (Å²) in [4.78, 5) is 16.3. The van der Waals surface area contributed by atoms with Crippen molar-refractivity contribution in [1.29, 1.82) is 0 Å². The first-order chi connectivity index (χ1) is 11.7. The Balaban J connectivity index is 1.39. The Hall–Kier alpha value is -1.85. The Bertz CT molecular complexity index is 783. The third-order valence-electron chi connectivity index (χ3n) is 5.23. The predicted octanol–water partition coefficient (Wildman–Crippen LogP) is 2.28. The van der Waals surface area contributed by atoms with Crippen LogP contribution in [0.4, 0.5) is 5.69 Å². The van der Waals surface area contributed by atoms with E-state index in [1.54, 1.807) is 6.20 Å². The molecule has 1 aromatic carbocycles. The van der Waals surface area contributed by atoms with Crippen molar-refractivity contribution in [3.05, 3.63) is 57.0 Å². The van der Waals surface area contributed by atoms with Crippen LogP contribution in [-0.4, -0.2) is 47.8 Å². The molecule has 1 aliphatic carbocycles. The van der Waals surface area contributed by atoms with Gasteiger partial charge in [-0.2, -0.15) is 5.10 Å². The number of aryl methyl sites for hydroxylation is 1. The van der Waals surface area contributed by atoms with Crippen LogP contribution in [0.5, 0.6) is 0 Å². The van der Waals surface area contributed by atoms with Gasteiger partial charge in [0.15, 0.2) is 0 Å². The second-order valence-electron chi connectivity index (χ2n) is 6.62. The number of aromatic nitrogens is 2. The minimum absolute atomic E-state index is 0.239. The smallest absolute Gasteiger partial charge is 0.285 e. The van der Waals surface area contributed by atoms with Gasteiger partial charge in [0.25, 0.3) is 5.56 Å². The monoisotopic (exact) mass is 344 g/mol. The number of hydrogen-bond acceptors (Lipinski definition) is 4. The molecule has 0 unspecified atom stereocenters. The molecule has 2 aromatic rings. The van der Waals surface area contributed by atoms with Crippen LogP contribution in [0.25, 0.3) is 0 Å². The van der Waals surface area contributed by atoms with E-state index in [0.717, 1.165) is 38.4 Å². The molecule has 24 heavy (non-hydrogen) atoms. The van der Waals surface area contributed by atoms with E-state index in [-0.39, 0.29) is 10.6 Å². The molecule has 1 saturated heterocycles. The van der Waals surface area contributed by atoms with Crippen LogP contribution in [0, 0.1) is 0 Å². The summed E-state index contributed by atoms with van der Waals surface area (Å²) in [5.41, 5.74) is 3.47. The average Bonchev–Trinajstić information content (AvgIpc) is 3.01. The van der Waals surface area contributed by atoms with Gasteiger partial charge in [-0.1, -0.05) is 35.9 Å². The number of aromatic amines is 1. The lowest BCUT2D eigenvalue weighted by molar-refractivity contribution is 0.241. The summed E-state index contributed by atoms with van der Waals surface area (Å²) in [7, 11) is 0. The third kappa shape index (κ3) is 2.94. The number of nitrogens with one attached hydrogen (secondary N) is 1. The third-order valence-corrected chi connectivity index (χ3v) is 5.59. The van der Waals surface area contributed by atoms with Crippen LogP contribution in [-0.2, 0) is 6.42 Å². The van der Waals surface area contributed by atoms with Crippen LogP contribution in [0.2, 0.25) is 5.02 Å². The van der Waals surface area contributed by atoms with E-state index in [4.69, 9.17) is 11.6 Å². The highest BCUT2D eigenvalue weighted by molar-refractivity contribution is 6.32. The van der Waals surface area contributed by atoms with Crippen molar-refractivity contribution in [2.75, 3.05) is 37.6 Å². The molecule has 2 aliphatic rings. The summed E-state index contributed by atoms with van der Waals surface area (Å²) >= 11 is 6.12. The Labute approximate surface area is 146 Å². The van der Waals surface area contributed by atoms with E-state index in [1.807, 2.05) is 0 Å². The van der Waals surface area contributed by atoms with Crippen LogP contribution in [0.15, 0.2) is 35.3 Å². The number of rotatable bonds is 3. The van der Waals surface area contributed by atoms with Crippen molar-refractivity contribution in [1.82, 2.24) is 15.1 Å². The lowest BCUT2D eigenvalue weighted by Crippen LogP contribution is -2.47. The molecule has 5 nitrogen and oxygen atoms in total. The van der Waals surface area contributed by atoms with Gasteiger partial charge in [0.05, 0.1) is 11.9 Å². The first-order valence-electron chi connectivity index (χ1n) is 8.50. The van der Waals surface area contributed by atoms with Gasteiger partial charge in [-0.05, 0) is 29.9 Å². The predicted molar refractivity (Wildman–Crippen MR) is 96.0 cm³/mol. The molecule has 1 atom stereocenters. The van der Waals surface area contributed by atoms with Crippen molar-refractivity contribution in [3.8, 4) is 0 Å². The number of halogens is 1. The Morgan fingerprint density at radius 2 is 2.00 bits per heavy atom. The Morgan fingerprint density at radius 3 is 2.83 bits per heavy atom. The zero-order valence-corrected chi connectivity index (χ0v) is 14.3. The number of fused-ring (bicyclic) bond motifs is 1. The summed E-state index contributed by atoms with van der Waals surface area (Å²) in [6.07, 6.45) is 4.10. The number of piperazine rings is 1. The Kier molecular flexibility index (Phi) is 4.29. The second-order valence-corrected chi connectivity index (χ2v) is 7.00. The molecule has 1 N–H and O–H groups in total. The maximum atomic E-state index is 11.6. The molecule has 1 fully saturated rings. The molecule has 0 radical (unpaired) electrons. The normalized spacial score (nSPS) is 21.0. The molecule has 1 aromatic heterocycles. The van der Waals surface area contributed by atoms with Crippen LogP contribution >= 0.6 is 11.6 Å². The number of H-pyrrole nitrogens is 1. The molecule has 1 aliphatic heterocycles. The fourth-order valence-corrected chi connectivity index (χ4v) is 4.12. The maximum Gasteiger partial charge on any atom is 0.285 e. The average molecular weight is 345 g/mol. The van der Waals surface area contributed by atoms with Crippen molar-refractivity contribution in [3.63, 3.8) is 0 Å². The van der Waals surface area contributed by atoms with Gasteiger partial charge < -0.3 is 4.90 Å². The lowest BCUT2D eigenvalue weighted by Gasteiger charge is -2.37. The van der Waals surface area contributed by atoms with E-state index in [2.05, 4.69) is 44.3 Å². The maximum absolute atomic E-state index is 11.6. The standard InChI is InChI=1S/C18H21ClN4O/c19-17-16(11-20-21-18(17)24)23-9-7-22(8-10-23)12-14-6-5-13-3-1-2-4-15(13)14/h1-4,11,14H,5-10,12H2,(H,21,24)/t14-/m0/s1. The first-order valence-corrected chi connectivity index (χ1v) is 8.88. The molecule has 0 spiro atoms. The molecular weight excluding hydrogens is 324 g/mol. The molecule has 4 rings (SSSR count). The minimum Gasteiger partial charge on any atom is -0.366 e. The van der Waals surface area contributed by atoms with Gasteiger partial charge in [-0.3, -0.25) is 9.69 Å². The molecule has 0 bridgehead atoms. The van der Waals surface area contributed by atoms with E-state index in [9.17, 15) is 4.79 Å². The van der Waals surface area contributed by atoms with E-state index in [1.165, 1.54) is 24.0 Å². The quantitative estimate of drug-likeness (QED) is 0.928. The summed E-state index contributed by atoms with van der Waals surface area (Å²) in [6, 6.07) is 8.83. The van der Waals surface area contributed by atoms with Crippen LogP contribution < -0.4 is 10.5 Å². The van der Waals surface area contributed by atoms with Gasteiger partial charge in [-0.25, -0.2) is 5.10 Å². The minimum atomic E-state index is -0.320. The van der Waals surface area contributed by atoms with Gasteiger partial charge in [0, 0.05) is 32.7 Å². The highest BCUT2D eigenvalue weighted by atomic mass is 35.5. The summed E-state index contributed by atoms with van der Waals surface area (Å²) in [6.45, 7) is 4.84. The van der Waals surface area contributed by atoms with E-state index < -0.39 is 0 Å². The zero-order valence-electron chi connectivity index (χ0n) is 13.5. The number of nitrogens with zero attached hydrogens (tertiary/aromatic N) is 3. The molecule has 0 saturated carbocycles. The molecule has 0 amide bonds. The van der Waals surface area contributed by atoms with Crippen molar-refractivity contribution < 1.29 is 0 Å². The van der Waals surface area contributed by atoms with Crippen molar-refractivity contribution in [2.45, 2.75) is 18.8 Å². The number of benzene rings is 1. The largest absolute Gasteiger partial charge is 0.366 e. The topological polar surface area (TPSA) is 52.2 Å². The fourth-order valence-electron chi connectivity index (χ4n) is 3.91. The van der Waals surface area contributed by atoms with Gasteiger partial charge in [-0.15, -0.1) is 0 Å². The van der Waals surface area contributed by atoms with Gasteiger partial charge >= 0.3 is 0 Å². The highest BCUT2D eigenvalue weighted by Crippen LogP contribution is 2.33. The van der Waals surface area contributed by atoms with Crippen molar-refractivity contribution >= 4 is 17.3 Å². The lowest BCUT2D eigenvalue weighted by atomic mass is 10.0. The molecule has 2 heterocycles. The first kappa shape index (κ1) is 15.7. The van der Waals surface area contributed by atoms with Gasteiger partial charge in [0.1, 0.15) is 5.02 Å². The summed E-state index contributed by atoms with van der Waals surface area (Å²) < 4.78 is 0. The van der Waals surface area contributed by atoms with Gasteiger partial charge in [0.2, 0.25) is 0 Å². The zero-order chi connectivity index (χ0) is 16.5. The summed E-state index contributed by atoms with van der Waals surface area (Å²) in [5, 5.41) is 6.48. The van der Waals surface area contributed by atoms with Crippen LogP contribution in [0.1, 0.15) is 23.5 Å². The highest BCUT2D eigenvalue weighted by Gasteiger charge is 2.26. The molecule has 6 heteroatoms. The Morgan fingerprint density at radius 1 is 1.21 bits per heavy atom. The SMILES string of the molecule is O=c1[nH]ncc(N2CCN(C[C@@H]3CCc4ccccc43)CC2)c1Cl.